The fraction of sp³-hybridized carbons (Fsp3) is 0.385. The molecule has 0 spiro atoms. The van der Waals surface area contributed by atoms with Crippen LogP contribution >= 0.6 is 15.9 Å². The summed E-state index contributed by atoms with van der Waals surface area (Å²) in [5.41, 5.74) is 0.996. The Morgan fingerprint density at radius 3 is 1.95 bits per heavy atom. The maximum atomic E-state index is 11.3. The molecule has 0 aliphatic heterocycles. The van der Waals surface area contributed by atoms with Crippen LogP contribution in [-0.4, -0.2) is 44.1 Å². The summed E-state index contributed by atoms with van der Waals surface area (Å²) in [6.07, 6.45) is 0. The van der Waals surface area contributed by atoms with Crippen LogP contribution in [0.1, 0.15) is 5.56 Å². The molecule has 6 heteroatoms. The van der Waals surface area contributed by atoms with Crippen LogP contribution in [0.5, 0.6) is 0 Å². The van der Waals surface area contributed by atoms with Gasteiger partial charge in [-0.05, 0) is 17.7 Å². The number of rotatable bonds is 6. The fourth-order valence-corrected chi connectivity index (χ4v) is 1.77. The van der Waals surface area contributed by atoms with Crippen molar-refractivity contribution in [2.75, 3.05) is 27.3 Å². The Morgan fingerprint density at radius 2 is 1.53 bits per heavy atom. The molecule has 0 aliphatic carbocycles. The van der Waals surface area contributed by atoms with E-state index in [4.69, 9.17) is 0 Å². The number of carbonyl (C=O) groups is 2. The third-order valence-electron chi connectivity index (χ3n) is 2.48. The maximum absolute atomic E-state index is 11.3. The van der Waals surface area contributed by atoms with Crippen LogP contribution in [-0.2, 0) is 25.6 Å². The minimum atomic E-state index is -0.388. The van der Waals surface area contributed by atoms with E-state index in [-0.39, 0.29) is 25.0 Å². The van der Waals surface area contributed by atoms with Crippen molar-refractivity contribution in [3.63, 3.8) is 0 Å². The van der Waals surface area contributed by atoms with Gasteiger partial charge in [-0.1, -0.05) is 28.1 Å². The lowest BCUT2D eigenvalue weighted by molar-refractivity contribution is -0.145. The van der Waals surface area contributed by atoms with Crippen molar-refractivity contribution in [1.29, 1.82) is 0 Å². The van der Waals surface area contributed by atoms with Crippen LogP contribution < -0.4 is 0 Å². The first-order valence-electron chi connectivity index (χ1n) is 5.65. The maximum Gasteiger partial charge on any atom is 0.319 e. The summed E-state index contributed by atoms with van der Waals surface area (Å²) in [6.45, 7) is 0.556. The molecule has 19 heavy (non-hydrogen) atoms. The minimum absolute atomic E-state index is 0.0433. The molecule has 104 valence electrons. The first kappa shape index (κ1) is 15.7. The van der Waals surface area contributed by atoms with Crippen LogP contribution in [0.2, 0.25) is 0 Å². The number of methoxy groups -OCH3 is 2. The number of halogens is 1. The number of ether oxygens (including phenoxy) is 2. The molecule has 0 saturated heterocycles. The van der Waals surface area contributed by atoms with E-state index in [0.717, 1.165) is 10.0 Å². The van der Waals surface area contributed by atoms with Gasteiger partial charge in [-0.15, -0.1) is 0 Å². The first-order chi connectivity index (χ1) is 9.05. The number of benzene rings is 1. The van der Waals surface area contributed by atoms with E-state index in [1.807, 2.05) is 24.3 Å². The van der Waals surface area contributed by atoms with Gasteiger partial charge in [0.2, 0.25) is 0 Å². The molecule has 0 aliphatic rings. The Balaban J connectivity index is 2.69. The van der Waals surface area contributed by atoms with E-state index < -0.39 is 0 Å². The Morgan fingerprint density at radius 1 is 1.05 bits per heavy atom. The normalized spacial score (nSPS) is 10.3. The second-order valence-corrected chi connectivity index (χ2v) is 4.84. The van der Waals surface area contributed by atoms with Crippen LogP contribution in [0.4, 0.5) is 0 Å². The van der Waals surface area contributed by atoms with Gasteiger partial charge < -0.3 is 9.47 Å². The summed E-state index contributed by atoms with van der Waals surface area (Å²) in [5.74, 6) is -0.776. The SMILES string of the molecule is COC(=O)CN(CC(=O)OC)Cc1ccc(Br)cc1. The van der Waals surface area contributed by atoms with Crippen molar-refractivity contribution in [2.24, 2.45) is 0 Å². The molecule has 0 heterocycles. The molecule has 0 aromatic heterocycles. The summed E-state index contributed by atoms with van der Waals surface area (Å²) >= 11 is 3.35. The summed E-state index contributed by atoms with van der Waals surface area (Å²) < 4.78 is 10.2. The molecule has 1 aromatic rings. The molecule has 0 amide bonds. The zero-order chi connectivity index (χ0) is 14.3. The van der Waals surface area contributed by atoms with E-state index in [9.17, 15) is 9.59 Å². The Bertz CT molecular complexity index is 415. The zero-order valence-electron chi connectivity index (χ0n) is 10.9. The van der Waals surface area contributed by atoms with Crippen LogP contribution in [0.15, 0.2) is 28.7 Å². The summed E-state index contributed by atoms with van der Waals surface area (Å²) in [6, 6.07) is 7.66. The lowest BCUT2D eigenvalue weighted by Crippen LogP contribution is -2.35. The van der Waals surface area contributed by atoms with Gasteiger partial charge >= 0.3 is 11.9 Å². The third-order valence-corrected chi connectivity index (χ3v) is 3.01. The molecule has 5 nitrogen and oxygen atoms in total. The van der Waals surface area contributed by atoms with Gasteiger partial charge in [-0.2, -0.15) is 0 Å². The quantitative estimate of drug-likeness (QED) is 0.742. The highest BCUT2D eigenvalue weighted by Crippen LogP contribution is 2.12. The Kier molecular flexibility index (Phi) is 6.52. The van der Waals surface area contributed by atoms with E-state index in [1.165, 1.54) is 14.2 Å². The fourth-order valence-electron chi connectivity index (χ4n) is 1.51. The number of esters is 2. The predicted molar refractivity (Wildman–Crippen MR) is 73.5 cm³/mol. The smallest absolute Gasteiger partial charge is 0.319 e. The number of carbonyl (C=O) groups excluding carboxylic acids is 2. The predicted octanol–water partition coefficient (Wildman–Crippen LogP) is 1.60. The minimum Gasteiger partial charge on any atom is -0.468 e. The molecule has 0 radical (unpaired) electrons. The molecule has 0 N–H and O–H groups in total. The van der Waals surface area contributed by atoms with Crippen molar-refractivity contribution in [1.82, 2.24) is 4.90 Å². The van der Waals surface area contributed by atoms with Crippen molar-refractivity contribution in [3.05, 3.63) is 34.3 Å². The van der Waals surface area contributed by atoms with Crippen LogP contribution in [0.3, 0.4) is 0 Å². The van der Waals surface area contributed by atoms with Gasteiger partial charge in [0, 0.05) is 11.0 Å². The highest BCUT2D eigenvalue weighted by Gasteiger charge is 2.15. The standard InChI is InChI=1S/C13H16BrNO4/c1-18-12(16)8-15(9-13(17)19-2)7-10-3-5-11(14)6-4-10/h3-6H,7-9H2,1-2H3. The Labute approximate surface area is 120 Å². The molecule has 0 unspecified atom stereocenters. The lowest BCUT2D eigenvalue weighted by atomic mass is 10.2. The van der Waals surface area contributed by atoms with Crippen molar-refractivity contribution in [3.8, 4) is 0 Å². The van der Waals surface area contributed by atoms with Gasteiger partial charge in [0.1, 0.15) is 0 Å². The van der Waals surface area contributed by atoms with Crippen molar-refractivity contribution >= 4 is 27.9 Å². The van der Waals surface area contributed by atoms with Gasteiger partial charge in [-0.3, -0.25) is 14.5 Å². The molecule has 0 bridgehead atoms. The average molecular weight is 330 g/mol. The first-order valence-corrected chi connectivity index (χ1v) is 6.45. The van der Waals surface area contributed by atoms with Crippen LogP contribution in [0.25, 0.3) is 0 Å². The average Bonchev–Trinajstić information content (AvgIpc) is 2.40. The van der Waals surface area contributed by atoms with Gasteiger partial charge in [-0.25, -0.2) is 0 Å². The molecular formula is C13H16BrNO4. The molecule has 0 fully saturated rings. The highest BCUT2D eigenvalue weighted by atomic mass is 79.9. The summed E-state index contributed by atoms with van der Waals surface area (Å²) in [4.78, 5) is 24.3. The number of nitrogens with zero attached hydrogens (tertiary/aromatic N) is 1. The molecule has 0 atom stereocenters. The van der Waals surface area contributed by atoms with Gasteiger partial charge in [0.05, 0.1) is 27.3 Å². The second-order valence-electron chi connectivity index (χ2n) is 3.92. The molecule has 1 aromatic carbocycles. The van der Waals surface area contributed by atoms with E-state index >= 15 is 0 Å². The second kappa shape index (κ2) is 7.91. The monoisotopic (exact) mass is 329 g/mol. The lowest BCUT2D eigenvalue weighted by Gasteiger charge is -2.19. The highest BCUT2D eigenvalue weighted by molar-refractivity contribution is 9.10. The van der Waals surface area contributed by atoms with Gasteiger partial charge in [0.25, 0.3) is 0 Å². The molecular weight excluding hydrogens is 314 g/mol. The van der Waals surface area contributed by atoms with Gasteiger partial charge in [0.15, 0.2) is 0 Å². The van der Waals surface area contributed by atoms with Crippen LogP contribution in [0, 0.1) is 0 Å². The molecule has 0 saturated carbocycles. The van der Waals surface area contributed by atoms with E-state index in [0.29, 0.717) is 6.54 Å². The summed E-state index contributed by atoms with van der Waals surface area (Å²) in [7, 11) is 2.64. The number of hydrogen-bond acceptors (Lipinski definition) is 5. The van der Waals surface area contributed by atoms with Crippen molar-refractivity contribution in [2.45, 2.75) is 6.54 Å². The van der Waals surface area contributed by atoms with E-state index in [1.54, 1.807) is 4.90 Å². The van der Waals surface area contributed by atoms with Crippen molar-refractivity contribution < 1.29 is 19.1 Å². The number of hydrogen-bond donors (Lipinski definition) is 0. The Hall–Kier alpha value is -1.40. The summed E-state index contributed by atoms with van der Waals surface area (Å²) in [5, 5.41) is 0. The zero-order valence-corrected chi connectivity index (χ0v) is 12.5. The largest absolute Gasteiger partial charge is 0.468 e. The third kappa shape index (κ3) is 5.85. The topological polar surface area (TPSA) is 55.8 Å². The van der Waals surface area contributed by atoms with E-state index in [2.05, 4.69) is 25.4 Å². The molecule has 1 rings (SSSR count).